The van der Waals surface area contributed by atoms with E-state index < -0.39 is 0 Å². The van der Waals surface area contributed by atoms with Gasteiger partial charge < -0.3 is 4.74 Å². The van der Waals surface area contributed by atoms with Crippen LogP contribution < -0.4 is 0 Å². The molecule has 2 nitrogen and oxygen atoms in total. The van der Waals surface area contributed by atoms with Gasteiger partial charge in [0.1, 0.15) is 0 Å². The van der Waals surface area contributed by atoms with Crippen LogP contribution in [-0.2, 0) is 9.53 Å². The minimum absolute atomic E-state index is 0.0223. The first-order chi connectivity index (χ1) is 10.2. The molecule has 0 aromatic heterocycles. The fourth-order valence-corrected chi connectivity index (χ4v) is 3.33. The topological polar surface area (TPSA) is 26.3 Å². The summed E-state index contributed by atoms with van der Waals surface area (Å²) >= 11 is 0. The fourth-order valence-electron chi connectivity index (χ4n) is 3.33. The van der Waals surface area contributed by atoms with E-state index in [2.05, 4.69) is 20.8 Å². The molecule has 0 saturated heterocycles. The van der Waals surface area contributed by atoms with Gasteiger partial charge in [-0.1, -0.05) is 65.7 Å². The molecule has 2 heteroatoms. The van der Waals surface area contributed by atoms with E-state index >= 15 is 0 Å². The number of ether oxygens (including phenoxy) is 1. The fraction of sp³-hybridized carbons (Fsp3) is 0.947. The van der Waals surface area contributed by atoms with Crippen LogP contribution in [0, 0.1) is 17.8 Å². The molecule has 1 unspecified atom stereocenters. The maximum absolute atomic E-state index is 11.8. The molecule has 0 aliphatic heterocycles. The molecular formula is C19H36O2. The van der Waals surface area contributed by atoms with E-state index in [0.717, 1.165) is 24.7 Å². The van der Waals surface area contributed by atoms with Gasteiger partial charge in [-0.05, 0) is 37.0 Å². The van der Waals surface area contributed by atoms with E-state index in [-0.39, 0.29) is 5.97 Å². The molecule has 0 N–H and O–H groups in total. The average Bonchev–Trinajstić information content (AvgIpc) is 2.49. The zero-order chi connectivity index (χ0) is 15.5. The third-order valence-electron chi connectivity index (χ3n) is 5.15. The second-order valence-corrected chi connectivity index (χ2v) is 7.12. The Balaban J connectivity index is 2.05. The van der Waals surface area contributed by atoms with Gasteiger partial charge in [-0.25, -0.2) is 0 Å². The Morgan fingerprint density at radius 3 is 2.48 bits per heavy atom. The van der Waals surface area contributed by atoms with Crippen molar-refractivity contribution in [3.05, 3.63) is 0 Å². The summed E-state index contributed by atoms with van der Waals surface area (Å²) in [4.78, 5) is 11.8. The van der Waals surface area contributed by atoms with Gasteiger partial charge in [0.05, 0.1) is 6.61 Å². The van der Waals surface area contributed by atoms with Crippen molar-refractivity contribution in [2.45, 2.75) is 91.4 Å². The molecule has 124 valence electrons. The number of carbonyl (C=O) groups excluding carboxylic acids is 1. The molecule has 0 bridgehead atoms. The molecule has 1 atom stereocenters. The Hall–Kier alpha value is -0.530. The third-order valence-corrected chi connectivity index (χ3v) is 5.15. The Morgan fingerprint density at radius 1 is 1.14 bits per heavy atom. The lowest BCUT2D eigenvalue weighted by Crippen LogP contribution is -2.15. The first kappa shape index (κ1) is 18.5. The van der Waals surface area contributed by atoms with Crippen molar-refractivity contribution in [1.82, 2.24) is 0 Å². The van der Waals surface area contributed by atoms with Gasteiger partial charge in [0.2, 0.25) is 0 Å². The van der Waals surface area contributed by atoms with Gasteiger partial charge in [-0.2, -0.15) is 0 Å². The summed E-state index contributed by atoms with van der Waals surface area (Å²) in [6, 6.07) is 0. The van der Waals surface area contributed by atoms with Crippen LogP contribution in [0.4, 0.5) is 0 Å². The third kappa shape index (κ3) is 8.48. The summed E-state index contributed by atoms with van der Waals surface area (Å²) in [7, 11) is 0. The smallest absolute Gasteiger partial charge is 0.305 e. The van der Waals surface area contributed by atoms with Crippen LogP contribution in [0.15, 0.2) is 0 Å². The van der Waals surface area contributed by atoms with E-state index in [4.69, 9.17) is 4.74 Å². The number of rotatable bonds is 10. The van der Waals surface area contributed by atoms with Crippen molar-refractivity contribution in [3.8, 4) is 0 Å². The minimum atomic E-state index is 0.0223. The summed E-state index contributed by atoms with van der Waals surface area (Å²) < 4.78 is 5.46. The lowest BCUT2D eigenvalue weighted by atomic mass is 9.81. The Labute approximate surface area is 132 Å². The quantitative estimate of drug-likeness (QED) is 0.480. The molecule has 0 aromatic rings. The summed E-state index contributed by atoms with van der Waals surface area (Å²) in [6.45, 7) is 7.40. The zero-order valence-electron chi connectivity index (χ0n) is 14.5. The maximum atomic E-state index is 11.8. The highest BCUT2D eigenvalue weighted by atomic mass is 16.5. The summed E-state index contributed by atoms with van der Waals surface area (Å²) in [5, 5.41) is 0. The number of hydrogen-bond acceptors (Lipinski definition) is 2. The van der Waals surface area contributed by atoms with Crippen molar-refractivity contribution in [2.24, 2.45) is 17.8 Å². The zero-order valence-corrected chi connectivity index (χ0v) is 14.5. The first-order valence-corrected chi connectivity index (χ1v) is 9.31. The van der Waals surface area contributed by atoms with E-state index in [1.807, 2.05) is 0 Å². The predicted octanol–water partition coefficient (Wildman–Crippen LogP) is 5.74. The van der Waals surface area contributed by atoms with Gasteiger partial charge in [0.15, 0.2) is 0 Å². The monoisotopic (exact) mass is 296 g/mol. The Morgan fingerprint density at radius 2 is 1.86 bits per heavy atom. The predicted molar refractivity (Wildman–Crippen MR) is 89.2 cm³/mol. The van der Waals surface area contributed by atoms with Gasteiger partial charge in [0, 0.05) is 6.42 Å². The second-order valence-electron chi connectivity index (χ2n) is 7.12. The van der Waals surface area contributed by atoms with E-state index in [1.165, 1.54) is 51.4 Å². The van der Waals surface area contributed by atoms with Crippen molar-refractivity contribution < 1.29 is 9.53 Å². The molecule has 0 amide bonds. The molecule has 0 heterocycles. The van der Waals surface area contributed by atoms with Crippen molar-refractivity contribution >= 4 is 5.97 Å². The van der Waals surface area contributed by atoms with Gasteiger partial charge in [-0.3, -0.25) is 4.79 Å². The first-order valence-electron chi connectivity index (χ1n) is 9.31. The van der Waals surface area contributed by atoms with Crippen molar-refractivity contribution in [3.63, 3.8) is 0 Å². The lowest BCUT2D eigenvalue weighted by molar-refractivity contribution is -0.145. The Kier molecular flexibility index (Phi) is 9.78. The number of hydrogen-bond donors (Lipinski definition) is 0. The van der Waals surface area contributed by atoms with E-state index in [1.54, 1.807) is 0 Å². The van der Waals surface area contributed by atoms with Crippen molar-refractivity contribution in [1.29, 1.82) is 0 Å². The Bertz CT molecular complexity index is 267. The molecule has 1 saturated carbocycles. The summed E-state index contributed by atoms with van der Waals surface area (Å²) in [6.07, 6.45) is 13.1. The molecule has 0 aromatic carbocycles. The molecule has 0 radical (unpaired) electrons. The molecule has 1 aliphatic rings. The largest absolute Gasteiger partial charge is 0.465 e. The highest BCUT2D eigenvalue weighted by Crippen LogP contribution is 2.31. The molecule has 1 rings (SSSR count). The molecule has 1 fully saturated rings. The SMILES string of the molecule is CCCCC(CC)COC(=O)CCCC1CCC(C)CC1. The number of esters is 1. The van der Waals surface area contributed by atoms with E-state index in [9.17, 15) is 4.79 Å². The average molecular weight is 296 g/mol. The highest BCUT2D eigenvalue weighted by Gasteiger charge is 2.18. The maximum Gasteiger partial charge on any atom is 0.305 e. The molecule has 21 heavy (non-hydrogen) atoms. The van der Waals surface area contributed by atoms with Crippen LogP contribution in [-0.4, -0.2) is 12.6 Å². The van der Waals surface area contributed by atoms with Crippen molar-refractivity contribution in [2.75, 3.05) is 6.61 Å². The van der Waals surface area contributed by atoms with Crippen LogP contribution in [0.1, 0.15) is 91.4 Å². The van der Waals surface area contributed by atoms with Crippen LogP contribution in [0.25, 0.3) is 0 Å². The van der Waals surface area contributed by atoms with Crippen LogP contribution in [0.3, 0.4) is 0 Å². The van der Waals surface area contributed by atoms with Crippen LogP contribution in [0.5, 0.6) is 0 Å². The normalized spacial score (nSPS) is 23.8. The summed E-state index contributed by atoms with van der Waals surface area (Å²) in [5.41, 5.74) is 0. The molecular weight excluding hydrogens is 260 g/mol. The van der Waals surface area contributed by atoms with Crippen LogP contribution in [0.2, 0.25) is 0 Å². The number of carbonyl (C=O) groups is 1. The molecule has 1 aliphatic carbocycles. The second kappa shape index (κ2) is 11.1. The van der Waals surface area contributed by atoms with Gasteiger partial charge in [0.25, 0.3) is 0 Å². The highest BCUT2D eigenvalue weighted by molar-refractivity contribution is 5.69. The molecule has 0 spiro atoms. The number of unbranched alkanes of at least 4 members (excludes halogenated alkanes) is 1. The summed E-state index contributed by atoms with van der Waals surface area (Å²) in [5.74, 6) is 2.37. The lowest BCUT2D eigenvalue weighted by Gasteiger charge is -2.25. The minimum Gasteiger partial charge on any atom is -0.465 e. The standard InChI is InChI=1S/C19H36O2/c1-4-6-8-17(5-2)15-21-19(20)10-7-9-18-13-11-16(3)12-14-18/h16-18H,4-15H2,1-3H3. The van der Waals surface area contributed by atoms with E-state index in [0.29, 0.717) is 18.9 Å². The van der Waals surface area contributed by atoms with Crippen LogP contribution >= 0.6 is 0 Å². The van der Waals surface area contributed by atoms with Gasteiger partial charge >= 0.3 is 5.97 Å². The van der Waals surface area contributed by atoms with Gasteiger partial charge in [-0.15, -0.1) is 0 Å².